The average molecular weight is 205 g/mol. The van der Waals surface area contributed by atoms with Crippen LogP contribution in [0.15, 0.2) is 41.3 Å². The van der Waals surface area contributed by atoms with Crippen molar-refractivity contribution in [2.75, 3.05) is 6.26 Å². The molecule has 1 radical (unpaired) electrons. The first-order valence-corrected chi connectivity index (χ1v) is 6.05. The van der Waals surface area contributed by atoms with E-state index in [1.54, 1.807) is 23.1 Å². The largest absolute Gasteiger partial charge is 0.134 e. The molecule has 1 heterocycles. The summed E-state index contributed by atoms with van der Waals surface area (Å²) in [6, 6.07) is 12.5. The lowest BCUT2D eigenvalue weighted by atomic mass is 10.2. The van der Waals surface area contributed by atoms with Crippen LogP contribution in [0.5, 0.6) is 0 Å². The molecular weight excluding hydrogens is 196 g/mol. The van der Waals surface area contributed by atoms with Crippen LogP contribution >= 0.6 is 23.1 Å². The number of rotatable bonds is 2. The SMILES string of the molecule is CSc1ccccc1-c1cc[c]s1. The molecule has 0 aliphatic heterocycles. The lowest BCUT2D eigenvalue weighted by Crippen LogP contribution is -1.76. The molecule has 2 heteroatoms. The van der Waals surface area contributed by atoms with E-state index >= 15 is 0 Å². The Kier molecular flexibility index (Phi) is 2.71. The predicted molar refractivity (Wildman–Crippen MR) is 60.4 cm³/mol. The van der Waals surface area contributed by atoms with Gasteiger partial charge < -0.3 is 0 Å². The maximum absolute atomic E-state index is 3.11. The van der Waals surface area contributed by atoms with Gasteiger partial charge in [0.2, 0.25) is 0 Å². The van der Waals surface area contributed by atoms with Gasteiger partial charge >= 0.3 is 0 Å². The Labute approximate surface area is 86.6 Å². The molecule has 2 rings (SSSR count). The normalized spacial score (nSPS) is 10.2. The Morgan fingerprint density at radius 1 is 1.23 bits per heavy atom. The van der Waals surface area contributed by atoms with Crippen LogP contribution in [0, 0.1) is 5.38 Å². The van der Waals surface area contributed by atoms with Crippen molar-refractivity contribution in [1.82, 2.24) is 0 Å². The fraction of sp³-hybridized carbons (Fsp3) is 0.0909. The summed E-state index contributed by atoms with van der Waals surface area (Å²) in [5.41, 5.74) is 1.32. The molecule has 1 aromatic carbocycles. The minimum absolute atomic E-state index is 1.30. The smallest absolute Gasteiger partial charge is 0.0449 e. The zero-order chi connectivity index (χ0) is 9.10. The van der Waals surface area contributed by atoms with Crippen LogP contribution in [0.25, 0.3) is 10.4 Å². The highest BCUT2D eigenvalue weighted by atomic mass is 32.2. The summed E-state index contributed by atoms with van der Waals surface area (Å²) in [5, 5.41) is 3.11. The van der Waals surface area contributed by atoms with E-state index in [0.29, 0.717) is 0 Å². The molecule has 0 saturated carbocycles. The van der Waals surface area contributed by atoms with Crippen molar-refractivity contribution in [1.29, 1.82) is 0 Å². The molecule has 0 saturated heterocycles. The van der Waals surface area contributed by atoms with E-state index < -0.39 is 0 Å². The lowest BCUT2D eigenvalue weighted by molar-refractivity contribution is 1.47. The zero-order valence-electron chi connectivity index (χ0n) is 7.28. The van der Waals surface area contributed by atoms with Crippen molar-refractivity contribution in [2.45, 2.75) is 4.90 Å². The topological polar surface area (TPSA) is 0 Å². The van der Waals surface area contributed by atoms with E-state index in [4.69, 9.17) is 0 Å². The number of benzene rings is 1. The number of hydrogen-bond donors (Lipinski definition) is 0. The van der Waals surface area contributed by atoms with E-state index in [2.05, 4.69) is 42.0 Å². The number of hydrogen-bond acceptors (Lipinski definition) is 2. The van der Waals surface area contributed by atoms with E-state index in [1.165, 1.54) is 15.3 Å². The number of thiophene rings is 1. The monoisotopic (exact) mass is 205 g/mol. The second-order valence-electron chi connectivity index (χ2n) is 2.62. The summed E-state index contributed by atoms with van der Waals surface area (Å²) in [4.78, 5) is 2.63. The van der Waals surface area contributed by atoms with Gasteiger partial charge in [-0.25, -0.2) is 0 Å². The first-order valence-electron chi connectivity index (χ1n) is 4.01. The van der Waals surface area contributed by atoms with Crippen molar-refractivity contribution in [2.24, 2.45) is 0 Å². The Balaban J connectivity index is 2.51. The van der Waals surface area contributed by atoms with Gasteiger partial charge in [-0.2, -0.15) is 0 Å². The van der Waals surface area contributed by atoms with Crippen molar-refractivity contribution in [3.05, 3.63) is 41.8 Å². The Morgan fingerprint density at radius 2 is 2.08 bits per heavy atom. The molecule has 0 fully saturated rings. The third-order valence-electron chi connectivity index (χ3n) is 1.84. The Morgan fingerprint density at radius 3 is 2.77 bits per heavy atom. The van der Waals surface area contributed by atoms with Crippen LogP contribution in [0.3, 0.4) is 0 Å². The molecule has 0 unspecified atom stereocenters. The molecule has 65 valence electrons. The zero-order valence-corrected chi connectivity index (χ0v) is 8.91. The summed E-state index contributed by atoms with van der Waals surface area (Å²) in [5.74, 6) is 0. The van der Waals surface area contributed by atoms with Crippen LogP contribution in [0.1, 0.15) is 0 Å². The molecule has 0 aliphatic carbocycles. The third kappa shape index (κ3) is 1.79. The highest BCUT2D eigenvalue weighted by Crippen LogP contribution is 2.32. The lowest BCUT2D eigenvalue weighted by Gasteiger charge is -2.03. The molecule has 0 N–H and O–H groups in total. The van der Waals surface area contributed by atoms with Gasteiger partial charge in [-0.3, -0.25) is 0 Å². The maximum atomic E-state index is 3.11. The molecule has 0 bridgehead atoms. The molecule has 1 aromatic heterocycles. The Hall–Kier alpha value is -0.730. The average Bonchev–Trinajstić information content (AvgIpc) is 2.70. The van der Waals surface area contributed by atoms with Gasteiger partial charge in [-0.05, 0) is 24.5 Å². The van der Waals surface area contributed by atoms with Crippen LogP contribution in [0.4, 0.5) is 0 Å². The highest BCUT2D eigenvalue weighted by molar-refractivity contribution is 7.98. The van der Waals surface area contributed by atoms with Crippen LogP contribution in [-0.4, -0.2) is 6.26 Å². The van der Waals surface area contributed by atoms with Crippen molar-refractivity contribution in [3.8, 4) is 10.4 Å². The maximum Gasteiger partial charge on any atom is 0.0449 e. The Bertz CT molecular complexity index is 377. The van der Waals surface area contributed by atoms with Gasteiger partial charge in [0.25, 0.3) is 0 Å². The van der Waals surface area contributed by atoms with Gasteiger partial charge in [-0.1, -0.05) is 18.2 Å². The summed E-state index contributed by atoms with van der Waals surface area (Å²) in [6.07, 6.45) is 2.11. The summed E-state index contributed by atoms with van der Waals surface area (Å²) < 4.78 is 0. The molecule has 0 nitrogen and oxygen atoms in total. The van der Waals surface area contributed by atoms with Gasteiger partial charge in [0, 0.05) is 20.7 Å². The summed E-state index contributed by atoms with van der Waals surface area (Å²) in [6.45, 7) is 0. The fourth-order valence-corrected chi connectivity index (χ4v) is 2.60. The van der Waals surface area contributed by atoms with Gasteiger partial charge in [0.15, 0.2) is 0 Å². The van der Waals surface area contributed by atoms with E-state index in [1.807, 2.05) is 6.07 Å². The third-order valence-corrected chi connectivity index (χ3v) is 3.47. The molecule has 13 heavy (non-hydrogen) atoms. The first-order chi connectivity index (χ1) is 6.42. The van der Waals surface area contributed by atoms with Crippen molar-refractivity contribution >= 4 is 23.1 Å². The van der Waals surface area contributed by atoms with E-state index in [-0.39, 0.29) is 0 Å². The minimum atomic E-state index is 1.30. The second-order valence-corrected chi connectivity index (χ2v) is 4.35. The summed E-state index contributed by atoms with van der Waals surface area (Å²) in [7, 11) is 0. The molecule has 0 spiro atoms. The molecular formula is C11H9S2. The fourth-order valence-electron chi connectivity index (χ4n) is 1.23. The van der Waals surface area contributed by atoms with Crippen molar-refractivity contribution in [3.63, 3.8) is 0 Å². The highest BCUT2D eigenvalue weighted by Gasteiger charge is 2.03. The van der Waals surface area contributed by atoms with Crippen LogP contribution < -0.4 is 0 Å². The number of thioether (sulfide) groups is 1. The van der Waals surface area contributed by atoms with E-state index in [0.717, 1.165) is 0 Å². The van der Waals surface area contributed by atoms with Crippen molar-refractivity contribution < 1.29 is 0 Å². The minimum Gasteiger partial charge on any atom is -0.134 e. The second kappa shape index (κ2) is 3.99. The summed E-state index contributed by atoms with van der Waals surface area (Å²) >= 11 is 3.45. The first kappa shape index (κ1) is 8.85. The quantitative estimate of drug-likeness (QED) is 0.669. The van der Waals surface area contributed by atoms with Gasteiger partial charge in [-0.15, -0.1) is 23.1 Å². The van der Waals surface area contributed by atoms with Crippen LogP contribution in [-0.2, 0) is 0 Å². The van der Waals surface area contributed by atoms with Gasteiger partial charge in [0.1, 0.15) is 0 Å². The molecule has 0 aliphatic rings. The molecule has 0 amide bonds. The standard InChI is InChI=1S/C11H9S2/c1-12-10-6-3-2-5-9(10)11-7-4-8-13-11/h2-7H,1H3. The van der Waals surface area contributed by atoms with E-state index in [9.17, 15) is 0 Å². The molecule has 0 atom stereocenters. The van der Waals surface area contributed by atoms with Gasteiger partial charge in [0.05, 0.1) is 0 Å². The molecule has 2 aromatic rings. The predicted octanol–water partition coefficient (Wildman–Crippen LogP) is 3.94. The van der Waals surface area contributed by atoms with Crippen LogP contribution in [0.2, 0.25) is 0 Å².